The van der Waals surface area contributed by atoms with Gasteiger partial charge in [-0.2, -0.15) is 4.98 Å². The Morgan fingerprint density at radius 1 is 1.19 bits per heavy atom. The largest absolute Gasteiger partial charge is 0.370 e. The molecule has 0 aliphatic heterocycles. The predicted molar refractivity (Wildman–Crippen MR) is 106 cm³/mol. The highest BCUT2D eigenvalue weighted by atomic mass is 16.1. The van der Waals surface area contributed by atoms with Crippen molar-refractivity contribution in [2.24, 2.45) is 0 Å². The molecule has 2 aromatic rings. The van der Waals surface area contributed by atoms with E-state index < -0.39 is 0 Å². The van der Waals surface area contributed by atoms with Crippen molar-refractivity contribution in [1.82, 2.24) is 9.97 Å². The molecule has 0 atom stereocenters. The lowest BCUT2D eigenvalue weighted by Gasteiger charge is -2.13. The van der Waals surface area contributed by atoms with Crippen molar-refractivity contribution in [2.75, 3.05) is 22.5 Å². The van der Waals surface area contributed by atoms with E-state index in [-0.39, 0.29) is 5.91 Å². The Hall–Kier alpha value is -2.89. The maximum absolute atomic E-state index is 11.2. The second kappa shape index (κ2) is 8.99. The zero-order valence-corrected chi connectivity index (χ0v) is 15.1. The molecule has 0 saturated carbocycles. The molecule has 0 saturated heterocycles. The standard InChI is InChI=1S/C20H25N5O/c1-15(26)23-17-8-5-9-18(14-17)24-20-22-13-11-19(25-20)21-12-10-16-6-3-2-4-7-16/h5-6,8-9,11,13-14H,2-4,7,10,12H2,1H3,(H,23,26)(H2,21,22,24,25). The van der Waals surface area contributed by atoms with Gasteiger partial charge >= 0.3 is 0 Å². The van der Waals surface area contributed by atoms with Crippen LogP contribution in [-0.4, -0.2) is 22.4 Å². The first kappa shape index (κ1) is 17.9. The second-order valence-corrected chi connectivity index (χ2v) is 6.44. The molecule has 0 bridgehead atoms. The van der Waals surface area contributed by atoms with Gasteiger partial charge in [0.1, 0.15) is 5.82 Å². The summed E-state index contributed by atoms with van der Waals surface area (Å²) in [5.74, 6) is 1.22. The van der Waals surface area contributed by atoms with Crippen molar-refractivity contribution >= 4 is 29.0 Å². The molecule has 1 heterocycles. The number of benzene rings is 1. The second-order valence-electron chi connectivity index (χ2n) is 6.44. The molecule has 0 spiro atoms. The van der Waals surface area contributed by atoms with Gasteiger partial charge in [-0.15, -0.1) is 0 Å². The lowest BCUT2D eigenvalue weighted by atomic mass is 9.97. The maximum Gasteiger partial charge on any atom is 0.229 e. The van der Waals surface area contributed by atoms with Gasteiger partial charge in [-0.05, 0) is 56.4 Å². The minimum atomic E-state index is -0.0994. The lowest BCUT2D eigenvalue weighted by Crippen LogP contribution is -2.08. The number of nitrogens with zero attached hydrogens (tertiary/aromatic N) is 2. The Bertz CT molecular complexity index is 787. The molecule has 136 valence electrons. The van der Waals surface area contributed by atoms with Crippen LogP contribution in [0.25, 0.3) is 0 Å². The van der Waals surface area contributed by atoms with Gasteiger partial charge in [0.25, 0.3) is 0 Å². The van der Waals surface area contributed by atoms with Crippen LogP contribution in [0.5, 0.6) is 0 Å². The first-order chi connectivity index (χ1) is 12.7. The van der Waals surface area contributed by atoms with E-state index in [4.69, 9.17) is 0 Å². The van der Waals surface area contributed by atoms with E-state index in [2.05, 4.69) is 32.0 Å². The summed E-state index contributed by atoms with van der Waals surface area (Å²) in [6.07, 6.45) is 10.2. The van der Waals surface area contributed by atoms with Crippen LogP contribution in [0.4, 0.5) is 23.1 Å². The Labute approximate surface area is 154 Å². The quantitative estimate of drug-likeness (QED) is 0.641. The number of hydrogen-bond donors (Lipinski definition) is 3. The summed E-state index contributed by atoms with van der Waals surface area (Å²) in [6, 6.07) is 9.33. The van der Waals surface area contributed by atoms with Crippen molar-refractivity contribution in [2.45, 2.75) is 39.0 Å². The molecule has 1 aliphatic carbocycles. The number of amides is 1. The number of rotatable bonds is 7. The average molecular weight is 351 g/mol. The van der Waals surface area contributed by atoms with Crippen molar-refractivity contribution in [3.05, 3.63) is 48.2 Å². The smallest absolute Gasteiger partial charge is 0.229 e. The summed E-state index contributed by atoms with van der Waals surface area (Å²) in [5, 5.41) is 9.30. The number of aromatic nitrogens is 2. The molecular weight excluding hydrogens is 326 g/mol. The number of allylic oxidation sites excluding steroid dienone is 1. The molecule has 1 aromatic heterocycles. The van der Waals surface area contributed by atoms with Crippen LogP contribution in [0.1, 0.15) is 39.0 Å². The topological polar surface area (TPSA) is 78.9 Å². The third kappa shape index (κ3) is 5.58. The summed E-state index contributed by atoms with van der Waals surface area (Å²) < 4.78 is 0. The van der Waals surface area contributed by atoms with Crippen LogP contribution in [0.15, 0.2) is 48.2 Å². The van der Waals surface area contributed by atoms with E-state index in [1.807, 2.05) is 30.3 Å². The highest BCUT2D eigenvalue weighted by Gasteiger charge is 2.05. The van der Waals surface area contributed by atoms with Gasteiger partial charge in [-0.1, -0.05) is 17.7 Å². The van der Waals surface area contributed by atoms with E-state index >= 15 is 0 Å². The van der Waals surface area contributed by atoms with Crippen molar-refractivity contribution in [3.63, 3.8) is 0 Å². The fraction of sp³-hybridized carbons (Fsp3) is 0.350. The van der Waals surface area contributed by atoms with E-state index in [9.17, 15) is 4.79 Å². The van der Waals surface area contributed by atoms with Crippen molar-refractivity contribution in [3.8, 4) is 0 Å². The molecule has 1 aliphatic rings. The monoisotopic (exact) mass is 351 g/mol. The molecular formula is C20H25N5O. The molecule has 1 aromatic carbocycles. The molecule has 3 rings (SSSR count). The fourth-order valence-electron chi connectivity index (χ4n) is 3.01. The SMILES string of the molecule is CC(=O)Nc1cccc(Nc2nccc(NCCC3=CCCCC3)n2)c1. The number of nitrogens with one attached hydrogen (secondary N) is 3. The summed E-state index contributed by atoms with van der Waals surface area (Å²) in [4.78, 5) is 19.9. The highest BCUT2D eigenvalue weighted by Crippen LogP contribution is 2.21. The Morgan fingerprint density at radius 2 is 2.08 bits per heavy atom. The molecule has 0 unspecified atom stereocenters. The van der Waals surface area contributed by atoms with Gasteiger partial charge in [0.05, 0.1) is 0 Å². The van der Waals surface area contributed by atoms with Crippen LogP contribution in [0.2, 0.25) is 0 Å². The van der Waals surface area contributed by atoms with Gasteiger partial charge in [0.15, 0.2) is 0 Å². The summed E-state index contributed by atoms with van der Waals surface area (Å²) in [7, 11) is 0. The van der Waals surface area contributed by atoms with Crippen molar-refractivity contribution < 1.29 is 4.79 Å². The number of anilines is 4. The van der Waals surface area contributed by atoms with Crippen LogP contribution in [-0.2, 0) is 4.79 Å². The van der Waals surface area contributed by atoms with Crippen LogP contribution >= 0.6 is 0 Å². The molecule has 0 fully saturated rings. The van der Waals surface area contributed by atoms with Gasteiger partial charge < -0.3 is 16.0 Å². The normalized spacial score (nSPS) is 13.7. The maximum atomic E-state index is 11.2. The lowest BCUT2D eigenvalue weighted by molar-refractivity contribution is -0.114. The first-order valence-corrected chi connectivity index (χ1v) is 9.08. The third-order valence-electron chi connectivity index (χ3n) is 4.23. The van der Waals surface area contributed by atoms with E-state index in [0.717, 1.165) is 30.2 Å². The zero-order valence-electron chi connectivity index (χ0n) is 15.1. The Balaban J connectivity index is 1.57. The number of carbonyl (C=O) groups excluding carboxylic acids is 1. The van der Waals surface area contributed by atoms with Gasteiger partial charge in [-0.25, -0.2) is 4.98 Å². The minimum absolute atomic E-state index is 0.0994. The van der Waals surface area contributed by atoms with Crippen molar-refractivity contribution in [1.29, 1.82) is 0 Å². The molecule has 0 radical (unpaired) electrons. The summed E-state index contributed by atoms with van der Waals surface area (Å²) in [5.41, 5.74) is 3.10. The van der Waals surface area contributed by atoms with Crippen LogP contribution < -0.4 is 16.0 Å². The Kier molecular flexibility index (Phi) is 6.19. The third-order valence-corrected chi connectivity index (χ3v) is 4.23. The summed E-state index contributed by atoms with van der Waals surface area (Å²) in [6.45, 7) is 2.36. The zero-order chi connectivity index (χ0) is 18.2. The van der Waals surface area contributed by atoms with Gasteiger partial charge in [0, 0.05) is 31.0 Å². The molecule has 3 N–H and O–H groups in total. The van der Waals surface area contributed by atoms with Gasteiger partial charge in [-0.3, -0.25) is 4.79 Å². The van der Waals surface area contributed by atoms with E-state index in [0.29, 0.717) is 5.95 Å². The minimum Gasteiger partial charge on any atom is -0.370 e. The van der Waals surface area contributed by atoms with E-state index in [1.165, 1.54) is 32.6 Å². The van der Waals surface area contributed by atoms with Crippen LogP contribution in [0.3, 0.4) is 0 Å². The Morgan fingerprint density at radius 3 is 2.88 bits per heavy atom. The molecule has 1 amide bonds. The fourth-order valence-corrected chi connectivity index (χ4v) is 3.01. The average Bonchev–Trinajstić information content (AvgIpc) is 2.63. The predicted octanol–water partition coefficient (Wildman–Crippen LogP) is 4.48. The van der Waals surface area contributed by atoms with Gasteiger partial charge in [0.2, 0.25) is 11.9 Å². The molecule has 26 heavy (non-hydrogen) atoms. The first-order valence-electron chi connectivity index (χ1n) is 9.08. The van der Waals surface area contributed by atoms with E-state index in [1.54, 1.807) is 11.8 Å². The highest BCUT2D eigenvalue weighted by molar-refractivity contribution is 5.89. The molecule has 6 heteroatoms. The van der Waals surface area contributed by atoms with Crippen LogP contribution in [0, 0.1) is 0 Å². The number of hydrogen-bond acceptors (Lipinski definition) is 5. The number of carbonyl (C=O) groups is 1. The molecule has 6 nitrogen and oxygen atoms in total. The summed E-state index contributed by atoms with van der Waals surface area (Å²) >= 11 is 0.